The van der Waals surface area contributed by atoms with Gasteiger partial charge in [-0.3, -0.25) is 14.2 Å². The standard InChI is InChI=1S/C20H16ClFN4O2/c21-13-3-1-12(2-4-13)10-23-17(27)7-8-26-11-24-18-15-9-14(22)5-6-16(15)25-19(18)20(26)28/h1-6,9,11,25H,7-8,10H2,(H,23,27). The molecule has 0 radical (unpaired) electrons. The van der Waals surface area contributed by atoms with Gasteiger partial charge < -0.3 is 10.3 Å². The van der Waals surface area contributed by atoms with E-state index in [1.165, 1.54) is 23.0 Å². The van der Waals surface area contributed by atoms with Crippen LogP contribution in [0.2, 0.25) is 5.02 Å². The summed E-state index contributed by atoms with van der Waals surface area (Å²) in [6.07, 6.45) is 1.52. The lowest BCUT2D eigenvalue weighted by molar-refractivity contribution is -0.121. The normalized spacial score (nSPS) is 11.2. The smallest absolute Gasteiger partial charge is 0.277 e. The Bertz CT molecular complexity index is 1230. The first-order chi connectivity index (χ1) is 13.5. The van der Waals surface area contributed by atoms with E-state index in [0.29, 0.717) is 33.5 Å². The van der Waals surface area contributed by atoms with Crippen molar-refractivity contribution in [2.45, 2.75) is 19.5 Å². The van der Waals surface area contributed by atoms with Gasteiger partial charge in [-0.15, -0.1) is 0 Å². The maximum atomic E-state index is 13.5. The number of benzene rings is 2. The van der Waals surface area contributed by atoms with Crippen molar-refractivity contribution in [2.24, 2.45) is 0 Å². The van der Waals surface area contributed by atoms with Crippen LogP contribution in [0.25, 0.3) is 21.9 Å². The summed E-state index contributed by atoms with van der Waals surface area (Å²) in [4.78, 5) is 32.0. The number of halogens is 2. The fraction of sp³-hybridized carbons (Fsp3) is 0.150. The fourth-order valence-corrected chi connectivity index (χ4v) is 3.16. The van der Waals surface area contributed by atoms with Crippen LogP contribution in [0.3, 0.4) is 0 Å². The van der Waals surface area contributed by atoms with Gasteiger partial charge in [-0.1, -0.05) is 23.7 Å². The van der Waals surface area contributed by atoms with Crippen molar-refractivity contribution < 1.29 is 9.18 Å². The SMILES string of the molecule is O=C(CCn1cnc2c([nH]c3ccc(F)cc32)c1=O)NCc1ccc(Cl)cc1. The molecule has 1 amide bonds. The molecule has 2 aromatic heterocycles. The summed E-state index contributed by atoms with van der Waals surface area (Å²) < 4.78 is 14.8. The van der Waals surface area contributed by atoms with Crippen molar-refractivity contribution in [1.29, 1.82) is 0 Å². The quantitative estimate of drug-likeness (QED) is 0.541. The summed E-state index contributed by atoms with van der Waals surface area (Å²) >= 11 is 5.84. The second kappa shape index (κ2) is 7.44. The highest BCUT2D eigenvalue weighted by molar-refractivity contribution is 6.30. The van der Waals surface area contributed by atoms with E-state index >= 15 is 0 Å². The molecule has 0 fully saturated rings. The van der Waals surface area contributed by atoms with Crippen molar-refractivity contribution in [2.75, 3.05) is 0 Å². The molecule has 28 heavy (non-hydrogen) atoms. The molecule has 0 saturated carbocycles. The summed E-state index contributed by atoms with van der Waals surface area (Å²) in [6.45, 7) is 0.577. The number of rotatable bonds is 5. The van der Waals surface area contributed by atoms with Crippen molar-refractivity contribution in [3.63, 3.8) is 0 Å². The van der Waals surface area contributed by atoms with E-state index in [0.717, 1.165) is 5.56 Å². The predicted molar refractivity (Wildman–Crippen MR) is 106 cm³/mol. The largest absolute Gasteiger partial charge is 0.352 e. The van der Waals surface area contributed by atoms with Gasteiger partial charge in [-0.05, 0) is 35.9 Å². The van der Waals surface area contributed by atoms with Gasteiger partial charge in [0.2, 0.25) is 5.91 Å². The van der Waals surface area contributed by atoms with Crippen LogP contribution in [0.4, 0.5) is 4.39 Å². The molecule has 0 unspecified atom stereocenters. The Morgan fingerprint density at radius 2 is 2.00 bits per heavy atom. The van der Waals surface area contributed by atoms with Crippen LogP contribution < -0.4 is 10.9 Å². The lowest BCUT2D eigenvalue weighted by Gasteiger charge is -2.07. The molecule has 0 bridgehead atoms. The summed E-state index contributed by atoms with van der Waals surface area (Å²) in [7, 11) is 0. The molecule has 4 rings (SSSR count). The van der Waals surface area contributed by atoms with Gasteiger partial charge in [-0.2, -0.15) is 0 Å². The van der Waals surface area contributed by atoms with Crippen LogP contribution in [-0.2, 0) is 17.9 Å². The Balaban J connectivity index is 1.46. The third kappa shape index (κ3) is 3.61. The van der Waals surface area contributed by atoms with Crippen LogP contribution >= 0.6 is 11.6 Å². The average Bonchev–Trinajstić information content (AvgIpc) is 3.06. The van der Waals surface area contributed by atoms with Crippen LogP contribution in [0.15, 0.2) is 53.6 Å². The summed E-state index contributed by atoms with van der Waals surface area (Å²) in [5.41, 5.74) is 1.99. The van der Waals surface area contributed by atoms with E-state index in [1.807, 2.05) is 12.1 Å². The zero-order chi connectivity index (χ0) is 19.7. The Morgan fingerprint density at radius 3 is 2.79 bits per heavy atom. The lowest BCUT2D eigenvalue weighted by Crippen LogP contribution is -2.27. The van der Waals surface area contributed by atoms with E-state index in [9.17, 15) is 14.0 Å². The number of nitrogens with zero attached hydrogens (tertiary/aromatic N) is 2. The molecule has 6 nitrogen and oxygen atoms in total. The molecule has 8 heteroatoms. The highest BCUT2D eigenvalue weighted by Crippen LogP contribution is 2.22. The maximum absolute atomic E-state index is 13.5. The average molecular weight is 399 g/mol. The molecule has 2 aromatic carbocycles. The maximum Gasteiger partial charge on any atom is 0.277 e. The van der Waals surface area contributed by atoms with Gasteiger partial charge in [0.25, 0.3) is 5.56 Å². The fourth-order valence-electron chi connectivity index (χ4n) is 3.03. The first-order valence-electron chi connectivity index (χ1n) is 8.69. The minimum absolute atomic E-state index is 0.134. The third-order valence-electron chi connectivity index (χ3n) is 4.52. The van der Waals surface area contributed by atoms with Crippen LogP contribution in [0.1, 0.15) is 12.0 Å². The molecule has 0 spiro atoms. The van der Waals surface area contributed by atoms with E-state index in [2.05, 4.69) is 15.3 Å². The zero-order valence-corrected chi connectivity index (χ0v) is 15.5. The van der Waals surface area contributed by atoms with Crippen LogP contribution in [0.5, 0.6) is 0 Å². The number of aromatic amines is 1. The molecule has 0 aliphatic heterocycles. The number of aromatic nitrogens is 3. The molecule has 2 heterocycles. The summed E-state index contributed by atoms with van der Waals surface area (Å²) in [5.74, 6) is -0.572. The van der Waals surface area contributed by atoms with Crippen molar-refractivity contribution in [3.05, 3.63) is 75.5 Å². The van der Waals surface area contributed by atoms with E-state index < -0.39 is 5.82 Å². The lowest BCUT2D eigenvalue weighted by atomic mass is 10.2. The van der Waals surface area contributed by atoms with E-state index in [1.54, 1.807) is 18.2 Å². The highest BCUT2D eigenvalue weighted by Gasteiger charge is 2.12. The van der Waals surface area contributed by atoms with E-state index in [-0.39, 0.29) is 24.4 Å². The predicted octanol–water partition coefficient (Wildman–Crippen LogP) is 3.38. The van der Waals surface area contributed by atoms with Crippen molar-refractivity contribution >= 4 is 39.4 Å². The number of carbonyl (C=O) groups excluding carboxylic acids is 1. The van der Waals surface area contributed by atoms with Gasteiger partial charge in [0.15, 0.2) is 0 Å². The minimum atomic E-state index is -0.392. The number of hydrogen-bond donors (Lipinski definition) is 2. The number of aryl methyl sites for hydroxylation is 1. The molecule has 2 N–H and O–H groups in total. The molecule has 0 aliphatic carbocycles. The second-order valence-electron chi connectivity index (χ2n) is 6.43. The Hall–Kier alpha value is -3.19. The molecule has 142 valence electrons. The van der Waals surface area contributed by atoms with Gasteiger partial charge in [0.05, 0.1) is 6.33 Å². The van der Waals surface area contributed by atoms with Crippen molar-refractivity contribution in [1.82, 2.24) is 19.9 Å². The van der Waals surface area contributed by atoms with Gasteiger partial charge in [0, 0.05) is 35.4 Å². The number of fused-ring (bicyclic) bond motifs is 3. The van der Waals surface area contributed by atoms with Crippen molar-refractivity contribution in [3.8, 4) is 0 Å². The number of nitrogens with one attached hydrogen (secondary N) is 2. The highest BCUT2D eigenvalue weighted by atomic mass is 35.5. The number of amides is 1. The Morgan fingerprint density at radius 1 is 1.21 bits per heavy atom. The Kier molecular flexibility index (Phi) is 4.83. The first-order valence-corrected chi connectivity index (χ1v) is 9.06. The topological polar surface area (TPSA) is 79.8 Å². The zero-order valence-electron chi connectivity index (χ0n) is 14.7. The second-order valence-corrected chi connectivity index (χ2v) is 6.87. The number of hydrogen-bond acceptors (Lipinski definition) is 3. The van der Waals surface area contributed by atoms with Crippen LogP contribution in [-0.4, -0.2) is 20.4 Å². The number of H-pyrrole nitrogens is 1. The first kappa shape index (κ1) is 18.2. The van der Waals surface area contributed by atoms with Gasteiger partial charge in [-0.25, -0.2) is 9.37 Å². The molecular formula is C20H16ClFN4O2. The molecule has 0 atom stereocenters. The third-order valence-corrected chi connectivity index (χ3v) is 4.77. The Labute approximate surface area is 164 Å². The monoisotopic (exact) mass is 398 g/mol. The van der Waals surface area contributed by atoms with E-state index in [4.69, 9.17) is 11.6 Å². The van der Waals surface area contributed by atoms with Gasteiger partial charge in [0.1, 0.15) is 16.9 Å². The summed E-state index contributed by atoms with van der Waals surface area (Å²) in [5, 5.41) is 4.00. The molecule has 0 aliphatic rings. The van der Waals surface area contributed by atoms with Gasteiger partial charge >= 0.3 is 0 Å². The number of carbonyl (C=O) groups is 1. The summed E-state index contributed by atoms with van der Waals surface area (Å²) in [6, 6.07) is 11.4. The molecule has 4 aromatic rings. The molecular weight excluding hydrogens is 383 g/mol. The minimum Gasteiger partial charge on any atom is -0.352 e. The van der Waals surface area contributed by atoms with Crippen LogP contribution in [0, 0.1) is 5.82 Å². The molecule has 0 saturated heterocycles.